The molecule has 5 nitrogen and oxygen atoms in total. The Hall–Kier alpha value is -2.89. The Labute approximate surface area is 168 Å². The van der Waals surface area contributed by atoms with Gasteiger partial charge >= 0.3 is 0 Å². The van der Waals surface area contributed by atoms with Crippen molar-refractivity contribution in [3.05, 3.63) is 93.4 Å². The SMILES string of the molecule is CCN(Cc1ccccc1)Cc1cc(=O)n2[nH]c(-c3cccc(Cl)c3)cc2n1. The zero-order chi connectivity index (χ0) is 19.5. The molecule has 1 N–H and O–H groups in total. The Balaban J connectivity index is 1.62. The molecule has 0 saturated heterocycles. The van der Waals surface area contributed by atoms with Crippen molar-refractivity contribution in [2.45, 2.75) is 20.0 Å². The summed E-state index contributed by atoms with van der Waals surface area (Å²) in [5.41, 5.74) is 4.21. The first-order chi connectivity index (χ1) is 13.6. The molecular formula is C22H21ClN4O. The third-order valence-electron chi connectivity index (χ3n) is 4.72. The van der Waals surface area contributed by atoms with Crippen molar-refractivity contribution in [1.82, 2.24) is 19.5 Å². The van der Waals surface area contributed by atoms with Crippen LogP contribution in [0.2, 0.25) is 5.02 Å². The Morgan fingerprint density at radius 2 is 1.86 bits per heavy atom. The van der Waals surface area contributed by atoms with E-state index in [1.165, 1.54) is 10.1 Å². The fourth-order valence-corrected chi connectivity index (χ4v) is 3.47. The molecule has 0 bridgehead atoms. The van der Waals surface area contributed by atoms with Crippen molar-refractivity contribution < 1.29 is 0 Å². The smallest absolute Gasteiger partial charge is 0.272 e. The molecule has 4 aromatic rings. The largest absolute Gasteiger partial charge is 0.294 e. The molecular weight excluding hydrogens is 372 g/mol. The van der Waals surface area contributed by atoms with Gasteiger partial charge in [-0.3, -0.25) is 14.8 Å². The lowest BCUT2D eigenvalue weighted by Gasteiger charge is -2.20. The molecule has 2 heterocycles. The number of hydrogen-bond acceptors (Lipinski definition) is 3. The highest BCUT2D eigenvalue weighted by atomic mass is 35.5. The van der Waals surface area contributed by atoms with Crippen LogP contribution in [0.3, 0.4) is 0 Å². The fraction of sp³-hybridized carbons (Fsp3) is 0.182. The number of halogens is 1. The van der Waals surface area contributed by atoms with Gasteiger partial charge in [0.05, 0.1) is 11.4 Å². The number of rotatable bonds is 6. The average molecular weight is 393 g/mol. The number of aromatic amines is 1. The third-order valence-corrected chi connectivity index (χ3v) is 4.96. The van der Waals surface area contributed by atoms with Crippen LogP contribution in [0.5, 0.6) is 0 Å². The van der Waals surface area contributed by atoms with E-state index in [0.29, 0.717) is 17.2 Å². The average Bonchev–Trinajstić information content (AvgIpc) is 3.13. The highest BCUT2D eigenvalue weighted by Gasteiger charge is 2.11. The van der Waals surface area contributed by atoms with E-state index in [9.17, 15) is 4.79 Å². The molecule has 0 atom stereocenters. The first-order valence-corrected chi connectivity index (χ1v) is 9.64. The minimum absolute atomic E-state index is 0.121. The first kappa shape index (κ1) is 18.5. The van der Waals surface area contributed by atoms with Crippen LogP contribution in [-0.4, -0.2) is 26.0 Å². The zero-order valence-electron chi connectivity index (χ0n) is 15.6. The number of aromatic nitrogens is 3. The van der Waals surface area contributed by atoms with E-state index >= 15 is 0 Å². The third kappa shape index (κ3) is 4.01. The van der Waals surface area contributed by atoms with Crippen LogP contribution in [-0.2, 0) is 13.1 Å². The van der Waals surface area contributed by atoms with Crippen LogP contribution >= 0.6 is 11.6 Å². The van der Waals surface area contributed by atoms with E-state index in [4.69, 9.17) is 16.6 Å². The van der Waals surface area contributed by atoms with Gasteiger partial charge in [0.1, 0.15) is 0 Å². The summed E-state index contributed by atoms with van der Waals surface area (Å²) in [5, 5.41) is 3.76. The number of fused-ring (bicyclic) bond motifs is 1. The van der Waals surface area contributed by atoms with Crippen molar-refractivity contribution in [3.63, 3.8) is 0 Å². The highest BCUT2D eigenvalue weighted by molar-refractivity contribution is 6.30. The first-order valence-electron chi connectivity index (χ1n) is 9.26. The lowest BCUT2D eigenvalue weighted by atomic mass is 10.1. The Morgan fingerprint density at radius 1 is 1.04 bits per heavy atom. The number of benzene rings is 2. The van der Waals surface area contributed by atoms with E-state index in [0.717, 1.165) is 30.0 Å². The van der Waals surface area contributed by atoms with Gasteiger partial charge in [0, 0.05) is 35.8 Å². The van der Waals surface area contributed by atoms with Crippen LogP contribution in [0.15, 0.2) is 71.5 Å². The van der Waals surface area contributed by atoms with Crippen molar-refractivity contribution in [3.8, 4) is 11.3 Å². The lowest BCUT2D eigenvalue weighted by Crippen LogP contribution is -2.25. The summed E-state index contributed by atoms with van der Waals surface area (Å²) in [6.45, 7) is 4.42. The van der Waals surface area contributed by atoms with Crippen molar-refractivity contribution >= 4 is 17.2 Å². The van der Waals surface area contributed by atoms with Gasteiger partial charge in [-0.25, -0.2) is 9.50 Å². The topological polar surface area (TPSA) is 53.4 Å². The van der Waals surface area contributed by atoms with Crippen LogP contribution in [0.25, 0.3) is 16.9 Å². The summed E-state index contributed by atoms with van der Waals surface area (Å²) < 4.78 is 1.47. The predicted octanol–water partition coefficient (Wildman–Crippen LogP) is 4.37. The van der Waals surface area contributed by atoms with Crippen LogP contribution in [0.1, 0.15) is 18.2 Å². The van der Waals surface area contributed by atoms with Gasteiger partial charge in [-0.1, -0.05) is 61.0 Å². The molecule has 0 aliphatic rings. The molecule has 2 aromatic heterocycles. The van der Waals surface area contributed by atoms with E-state index in [1.54, 1.807) is 6.07 Å². The van der Waals surface area contributed by atoms with E-state index in [2.05, 4.69) is 29.1 Å². The maximum atomic E-state index is 12.6. The molecule has 0 aliphatic carbocycles. The fourth-order valence-electron chi connectivity index (χ4n) is 3.28. The minimum Gasteiger partial charge on any atom is -0.294 e. The van der Waals surface area contributed by atoms with Crippen LogP contribution in [0.4, 0.5) is 0 Å². The summed E-state index contributed by atoms with van der Waals surface area (Å²) in [7, 11) is 0. The quantitative estimate of drug-likeness (QED) is 0.530. The molecule has 0 amide bonds. The van der Waals surface area contributed by atoms with Gasteiger partial charge < -0.3 is 0 Å². The maximum absolute atomic E-state index is 12.6. The predicted molar refractivity (Wildman–Crippen MR) is 112 cm³/mol. The summed E-state index contributed by atoms with van der Waals surface area (Å²) in [4.78, 5) is 19.5. The Kier molecular flexibility index (Phi) is 5.28. The zero-order valence-corrected chi connectivity index (χ0v) is 16.4. The van der Waals surface area contributed by atoms with Crippen LogP contribution in [0, 0.1) is 0 Å². The van der Waals surface area contributed by atoms with Gasteiger partial charge in [-0.15, -0.1) is 0 Å². The molecule has 0 saturated carbocycles. The molecule has 2 aromatic carbocycles. The van der Waals surface area contributed by atoms with Gasteiger partial charge in [0.15, 0.2) is 5.65 Å². The second-order valence-corrected chi connectivity index (χ2v) is 7.18. The number of nitrogens with one attached hydrogen (secondary N) is 1. The summed E-state index contributed by atoms with van der Waals surface area (Å²) in [6, 6.07) is 21.3. The van der Waals surface area contributed by atoms with Gasteiger partial charge in [-0.2, -0.15) is 0 Å². The van der Waals surface area contributed by atoms with Crippen molar-refractivity contribution in [1.29, 1.82) is 0 Å². The molecule has 142 valence electrons. The van der Waals surface area contributed by atoms with Crippen molar-refractivity contribution in [2.24, 2.45) is 0 Å². The van der Waals surface area contributed by atoms with E-state index in [-0.39, 0.29) is 5.56 Å². The highest BCUT2D eigenvalue weighted by Crippen LogP contribution is 2.22. The maximum Gasteiger partial charge on any atom is 0.272 e. The molecule has 0 spiro atoms. The van der Waals surface area contributed by atoms with Gasteiger partial charge in [0.25, 0.3) is 5.56 Å². The molecule has 0 unspecified atom stereocenters. The standard InChI is InChI=1S/C22H21ClN4O/c1-2-26(14-16-7-4-3-5-8-16)15-19-12-22(28)27-21(24-19)13-20(25-27)17-9-6-10-18(23)11-17/h3-13,25H,2,14-15H2,1H3. The molecule has 4 rings (SSSR count). The number of hydrogen-bond donors (Lipinski definition) is 1. The summed E-state index contributed by atoms with van der Waals surface area (Å²) in [5.74, 6) is 0. The van der Waals surface area contributed by atoms with Gasteiger partial charge in [-0.05, 0) is 24.2 Å². The number of H-pyrrole nitrogens is 1. The summed E-state index contributed by atoms with van der Waals surface area (Å²) in [6.07, 6.45) is 0. The van der Waals surface area contributed by atoms with Gasteiger partial charge in [0.2, 0.25) is 0 Å². The normalized spacial score (nSPS) is 11.4. The Morgan fingerprint density at radius 3 is 2.61 bits per heavy atom. The molecule has 0 fully saturated rings. The van der Waals surface area contributed by atoms with Crippen molar-refractivity contribution in [2.75, 3.05) is 6.54 Å². The summed E-state index contributed by atoms with van der Waals surface area (Å²) >= 11 is 6.09. The minimum atomic E-state index is -0.121. The molecule has 6 heteroatoms. The number of nitrogens with zero attached hydrogens (tertiary/aromatic N) is 3. The second kappa shape index (κ2) is 8.00. The molecule has 28 heavy (non-hydrogen) atoms. The molecule has 0 radical (unpaired) electrons. The second-order valence-electron chi connectivity index (χ2n) is 6.75. The lowest BCUT2D eigenvalue weighted by molar-refractivity contribution is 0.268. The monoisotopic (exact) mass is 392 g/mol. The van der Waals surface area contributed by atoms with E-state index in [1.807, 2.05) is 48.5 Å². The van der Waals surface area contributed by atoms with Crippen LogP contribution < -0.4 is 5.56 Å². The molecule has 0 aliphatic heterocycles. The Bertz CT molecular complexity index is 1150. The van der Waals surface area contributed by atoms with E-state index < -0.39 is 0 Å².